The van der Waals surface area contributed by atoms with Gasteiger partial charge in [-0.2, -0.15) is 0 Å². The maximum absolute atomic E-state index is 3.57. The number of hydrogen-bond acceptors (Lipinski definition) is 2. The molecule has 0 radical (unpaired) electrons. The molecule has 0 aromatic carbocycles. The Balaban J connectivity index is 1.68. The van der Waals surface area contributed by atoms with Crippen molar-refractivity contribution in [3.8, 4) is 0 Å². The Kier molecular flexibility index (Phi) is 1.98. The van der Waals surface area contributed by atoms with Gasteiger partial charge in [-0.1, -0.05) is 0 Å². The van der Waals surface area contributed by atoms with Crippen molar-refractivity contribution in [3.63, 3.8) is 0 Å². The van der Waals surface area contributed by atoms with Crippen LogP contribution in [0.5, 0.6) is 0 Å². The van der Waals surface area contributed by atoms with Gasteiger partial charge in [0, 0.05) is 25.0 Å². The Morgan fingerprint density at radius 2 is 1.93 bits per heavy atom. The van der Waals surface area contributed by atoms with Crippen LogP contribution in [0.15, 0.2) is 24.5 Å². The summed E-state index contributed by atoms with van der Waals surface area (Å²) in [5.41, 5.74) is 3.57. The van der Waals surface area contributed by atoms with E-state index in [1.54, 1.807) is 0 Å². The van der Waals surface area contributed by atoms with Crippen LogP contribution >= 0.6 is 0 Å². The lowest BCUT2D eigenvalue weighted by Crippen LogP contribution is -2.37. The standard InChI is InChI=1S/C11H17N3/c1-2-8-14(7-1)12-10-5-9-13-6-3-4-11(10)13/h1-2,7-8,10-12H,3-6,9H2. The largest absolute Gasteiger partial charge is 0.322 e. The molecule has 0 aliphatic carbocycles. The average Bonchev–Trinajstić information content (AvgIpc) is 2.85. The molecule has 2 aliphatic rings. The fraction of sp³-hybridized carbons (Fsp3) is 0.636. The highest BCUT2D eigenvalue weighted by Crippen LogP contribution is 2.28. The average molecular weight is 191 g/mol. The molecule has 2 unspecified atom stereocenters. The van der Waals surface area contributed by atoms with Crippen molar-refractivity contribution in [1.29, 1.82) is 0 Å². The van der Waals surface area contributed by atoms with Crippen LogP contribution in [-0.4, -0.2) is 34.7 Å². The highest BCUT2D eigenvalue weighted by molar-refractivity contribution is 5.03. The highest BCUT2D eigenvalue weighted by Gasteiger charge is 2.37. The Morgan fingerprint density at radius 1 is 1.07 bits per heavy atom. The lowest BCUT2D eigenvalue weighted by molar-refractivity contribution is 0.314. The second-order valence-corrected chi connectivity index (χ2v) is 4.36. The van der Waals surface area contributed by atoms with Gasteiger partial charge in [0.25, 0.3) is 0 Å². The summed E-state index contributed by atoms with van der Waals surface area (Å²) in [4.78, 5) is 2.63. The zero-order chi connectivity index (χ0) is 9.38. The van der Waals surface area contributed by atoms with Crippen LogP contribution in [0, 0.1) is 0 Å². The molecule has 3 heteroatoms. The van der Waals surface area contributed by atoms with Crippen LogP contribution < -0.4 is 5.43 Å². The minimum atomic E-state index is 0.657. The van der Waals surface area contributed by atoms with E-state index in [1.807, 2.05) is 0 Å². The van der Waals surface area contributed by atoms with Crippen molar-refractivity contribution in [1.82, 2.24) is 9.58 Å². The van der Waals surface area contributed by atoms with E-state index in [2.05, 4.69) is 39.5 Å². The van der Waals surface area contributed by atoms with Gasteiger partial charge in [0.1, 0.15) is 0 Å². The van der Waals surface area contributed by atoms with Crippen molar-refractivity contribution in [2.45, 2.75) is 31.3 Å². The summed E-state index contributed by atoms with van der Waals surface area (Å²) in [7, 11) is 0. The van der Waals surface area contributed by atoms with Crippen LogP contribution in [-0.2, 0) is 0 Å². The van der Waals surface area contributed by atoms with Crippen molar-refractivity contribution in [2.75, 3.05) is 18.5 Å². The molecule has 1 aromatic heterocycles. The molecular formula is C11H17N3. The number of rotatable bonds is 2. The maximum Gasteiger partial charge on any atom is 0.0591 e. The SMILES string of the molecule is c1ccn(NC2CCN3CCCC23)c1. The van der Waals surface area contributed by atoms with E-state index in [4.69, 9.17) is 0 Å². The van der Waals surface area contributed by atoms with Gasteiger partial charge in [0.05, 0.1) is 6.04 Å². The van der Waals surface area contributed by atoms with E-state index in [1.165, 1.54) is 32.4 Å². The Hall–Kier alpha value is -0.960. The molecule has 2 saturated heterocycles. The van der Waals surface area contributed by atoms with Gasteiger partial charge in [0.2, 0.25) is 0 Å². The molecule has 2 fully saturated rings. The van der Waals surface area contributed by atoms with Gasteiger partial charge in [0.15, 0.2) is 0 Å². The summed E-state index contributed by atoms with van der Waals surface area (Å²) in [6.45, 7) is 2.60. The topological polar surface area (TPSA) is 20.2 Å². The van der Waals surface area contributed by atoms with Crippen LogP contribution in [0.3, 0.4) is 0 Å². The molecule has 2 atom stereocenters. The molecule has 0 saturated carbocycles. The number of fused-ring (bicyclic) bond motifs is 1. The van der Waals surface area contributed by atoms with Crippen molar-refractivity contribution < 1.29 is 0 Å². The number of nitrogens with zero attached hydrogens (tertiary/aromatic N) is 2. The van der Waals surface area contributed by atoms with E-state index in [-0.39, 0.29) is 0 Å². The molecule has 0 amide bonds. The quantitative estimate of drug-likeness (QED) is 0.759. The molecule has 14 heavy (non-hydrogen) atoms. The summed E-state index contributed by atoms with van der Waals surface area (Å²) < 4.78 is 2.09. The first kappa shape index (κ1) is 8.36. The van der Waals surface area contributed by atoms with Gasteiger partial charge >= 0.3 is 0 Å². The molecule has 1 N–H and O–H groups in total. The molecule has 3 rings (SSSR count). The second-order valence-electron chi connectivity index (χ2n) is 4.36. The Labute approximate surface area is 84.7 Å². The smallest absolute Gasteiger partial charge is 0.0591 e. The number of aromatic nitrogens is 1. The maximum atomic E-state index is 3.57. The number of hydrogen-bond donors (Lipinski definition) is 1. The third-order valence-electron chi connectivity index (χ3n) is 3.53. The fourth-order valence-electron chi connectivity index (χ4n) is 2.85. The predicted molar refractivity (Wildman–Crippen MR) is 56.8 cm³/mol. The van der Waals surface area contributed by atoms with Crippen molar-refractivity contribution >= 4 is 0 Å². The van der Waals surface area contributed by atoms with Gasteiger partial charge in [-0.15, -0.1) is 0 Å². The zero-order valence-corrected chi connectivity index (χ0v) is 8.39. The van der Waals surface area contributed by atoms with Crippen molar-refractivity contribution in [2.24, 2.45) is 0 Å². The van der Waals surface area contributed by atoms with Gasteiger partial charge in [-0.3, -0.25) is 9.58 Å². The van der Waals surface area contributed by atoms with E-state index in [9.17, 15) is 0 Å². The zero-order valence-electron chi connectivity index (χ0n) is 8.39. The van der Waals surface area contributed by atoms with E-state index in [0.29, 0.717) is 6.04 Å². The number of nitrogens with one attached hydrogen (secondary N) is 1. The van der Waals surface area contributed by atoms with Crippen LogP contribution in [0.1, 0.15) is 19.3 Å². The summed E-state index contributed by atoms with van der Waals surface area (Å²) in [5, 5.41) is 0. The van der Waals surface area contributed by atoms with E-state index < -0.39 is 0 Å². The first-order valence-electron chi connectivity index (χ1n) is 5.57. The molecule has 0 spiro atoms. The minimum absolute atomic E-state index is 0.657. The Bertz CT molecular complexity index is 293. The van der Waals surface area contributed by atoms with Crippen LogP contribution in [0.2, 0.25) is 0 Å². The van der Waals surface area contributed by atoms with Gasteiger partial charge < -0.3 is 5.43 Å². The molecular weight excluding hydrogens is 174 g/mol. The van der Waals surface area contributed by atoms with E-state index >= 15 is 0 Å². The molecule has 3 nitrogen and oxygen atoms in total. The highest BCUT2D eigenvalue weighted by atomic mass is 15.4. The normalized spacial score (nSPS) is 32.0. The first-order valence-corrected chi connectivity index (χ1v) is 5.57. The molecule has 2 aliphatic heterocycles. The van der Waals surface area contributed by atoms with Gasteiger partial charge in [-0.05, 0) is 37.9 Å². The van der Waals surface area contributed by atoms with E-state index in [0.717, 1.165) is 6.04 Å². The molecule has 3 heterocycles. The third-order valence-corrected chi connectivity index (χ3v) is 3.53. The van der Waals surface area contributed by atoms with Gasteiger partial charge in [-0.25, -0.2) is 0 Å². The van der Waals surface area contributed by atoms with Crippen LogP contribution in [0.25, 0.3) is 0 Å². The molecule has 1 aromatic rings. The first-order chi connectivity index (χ1) is 6.93. The summed E-state index contributed by atoms with van der Waals surface area (Å²) in [5.74, 6) is 0. The van der Waals surface area contributed by atoms with Crippen molar-refractivity contribution in [3.05, 3.63) is 24.5 Å². The third kappa shape index (κ3) is 1.32. The summed E-state index contributed by atoms with van der Waals surface area (Å²) in [6, 6.07) is 5.57. The lowest BCUT2D eigenvalue weighted by Gasteiger charge is -2.22. The summed E-state index contributed by atoms with van der Waals surface area (Å²) in [6.07, 6.45) is 8.21. The molecule has 0 bridgehead atoms. The fourth-order valence-corrected chi connectivity index (χ4v) is 2.85. The summed E-state index contributed by atoms with van der Waals surface area (Å²) >= 11 is 0. The monoisotopic (exact) mass is 191 g/mol. The minimum Gasteiger partial charge on any atom is -0.322 e. The van der Waals surface area contributed by atoms with Crippen LogP contribution in [0.4, 0.5) is 0 Å². The lowest BCUT2D eigenvalue weighted by atomic mass is 10.1. The Morgan fingerprint density at radius 3 is 2.79 bits per heavy atom. The molecule has 76 valence electrons. The second kappa shape index (κ2) is 3.31. The predicted octanol–water partition coefficient (Wildman–Crippen LogP) is 1.27.